The first-order valence-electron chi connectivity index (χ1n) is 7.89. The van der Waals surface area contributed by atoms with Crippen molar-refractivity contribution in [2.45, 2.75) is 6.92 Å². The van der Waals surface area contributed by atoms with Gasteiger partial charge in [-0.25, -0.2) is 4.68 Å². The van der Waals surface area contributed by atoms with Crippen molar-refractivity contribution in [2.24, 2.45) is 5.73 Å². The number of ether oxygens (including phenoxy) is 1. The molecule has 0 atom stereocenters. The van der Waals surface area contributed by atoms with Gasteiger partial charge in [0.1, 0.15) is 5.75 Å². The van der Waals surface area contributed by atoms with Gasteiger partial charge in [-0.15, -0.1) is 0 Å². The van der Waals surface area contributed by atoms with Crippen LogP contribution in [0, 0.1) is 6.92 Å². The lowest BCUT2D eigenvalue weighted by Crippen LogP contribution is -2.15. The molecule has 2 amide bonds. The van der Waals surface area contributed by atoms with Crippen LogP contribution in [0.3, 0.4) is 0 Å². The summed E-state index contributed by atoms with van der Waals surface area (Å²) < 4.78 is 6.95. The second-order valence-corrected chi connectivity index (χ2v) is 5.74. The van der Waals surface area contributed by atoms with Gasteiger partial charge in [0, 0.05) is 17.3 Å². The number of primary amides is 1. The van der Waals surface area contributed by atoms with Gasteiger partial charge in [0.25, 0.3) is 5.91 Å². The van der Waals surface area contributed by atoms with Crippen LogP contribution in [-0.2, 0) is 0 Å². The van der Waals surface area contributed by atoms with Crippen LogP contribution in [0.15, 0.2) is 54.9 Å². The lowest BCUT2D eigenvalue weighted by molar-refractivity contribution is 0.0996. The Labute approximate surface area is 150 Å². The molecule has 0 bridgehead atoms. The van der Waals surface area contributed by atoms with Gasteiger partial charge in [-0.05, 0) is 55.0 Å². The number of hydrogen-bond acceptors (Lipinski definition) is 4. The summed E-state index contributed by atoms with van der Waals surface area (Å²) >= 11 is 0. The quantitative estimate of drug-likeness (QED) is 0.738. The number of benzene rings is 2. The van der Waals surface area contributed by atoms with Crippen LogP contribution < -0.4 is 15.8 Å². The molecule has 3 N–H and O–H groups in total. The normalized spacial score (nSPS) is 10.4. The van der Waals surface area contributed by atoms with Gasteiger partial charge in [-0.2, -0.15) is 5.10 Å². The predicted octanol–water partition coefficient (Wildman–Crippen LogP) is 2.54. The number of carbonyl (C=O) groups excluding carboxylic acids is 2. The van der Waals surface area contributed by atoms with Gasteiger partial charge in [0.2, 0.25) is 5.91 Å². The number of carbonyl (C=O) groups is 2. The second kappa shape index (κ2) is 7.10. The van der Waals surface area contributed by atoms with Gasteiger partial charge < -0.3 is 15.8 Å². The van der Waals surface area contributed by atoms with Crippen LogP contribution in [0.2, 0.25) is 0 Å². The molecule has 0 saturated heterocycles. The van der Waals surface area contributed by atoms with Crippen molar-refractivity contribution in [2.75, 3.05) is 12.4 Å². The fourth-order valence-electron chi connectivity index (χ4n) is 2.47. The van der Waals surface area contributed by atoms with Crippen molar-refractivity contribution >= 4 is 17.5 Å². The van der Waals surface area contributed by atoms with E-state index in [-0.39, 0.29) is 11.5 Å². The summed E-state index contributed by atoms with van der Waals surface area (Å²) in [6.07, 6.45) is 3.66. The summed E-state index contributed by atoms with van der Waals surface area (Å²) in [4.78, 5) is 23.9. The van der Waals surface area contributed by atoms with Gasteiger partial charge >= 0.3 is 0 Å². The molecule has 1 heterocycles. The number of amides is 2. The number of aromatic nitrogens is 2. The van der Waals surface area contributed by atoms with Crippen LogP contribution >= 0.6 is 0 Å². The summed E-state index contributed by atoms with van der Waals surface area (Å²) in [6, 6.07) is 11.6. The molecule has 0 aliphatic heterocycles. The number of nitrogens with zero attached hydrogens (tertiary/aromatic N) is 2. The van der Waals surface area contributed by atoms with Crippen LogP contribution in [0.25, 0.3) is 5.69 Å². The molecule has 0 spiro atoms. The number of hydrogen-bond donors (Lipinski definition) is 2. The monoisotopic (exact) mass is 350 g/mol. The van der Waals surface area contributed by atoms with E-state index in [4.69, 9.17) is 10.5 Å². The molecule has 7 nitrogen and oxygen atoms in total. The Morgan fingerprint density at radius 2 is 1.81 bits per heavy atom. The molecule has 0 aliphatic carbocycles. The summed E-state index contributed by atoms with van der Waals surface area (Å²) in [5.41, 5.74) is 8.31. The first kappa shape index (κ1) is 17.2. The highest BCUT2D eigenvalue weighted by molar-refractivity contribution is 6.06. The predicted molar refractivity (Wildman–Crippen MR) is 97.8 cm³/mol. The number of methoxy groups -OCH3 is 1. The van der Waals surface area contributed by atoms with Crippen molar-refractivity contribution in [3.05, 3.63) is 71.5 Å². The minimum atomic E-state index is -0.581. The van der Waals surface area contributed by atoms with E-state index < -0.39 is 5.91 Å². The average Bonchev–Trinajstić information content (AvgIpc) is 3.08. The van der Waals surface area contributed by atoms with E-state index in [1.165, 1.54) is 19.2 Å². The summed E-state index contributed by atoms with van der Waals surface area (Å²) in [5, 5.41) is 6.98. The third-order valence-electron chi connectivity index (χ3n) is 3.84. The highest BCUT2D eigenvalue weighted by atomic mass is 16.5. The van der Waals surface area contributed by atoms with Gasteiger partial charge in [-0.1, -0.05) is 0 Å². The van der Waals surface area contributed by atoms with Crippen LogP contribution in [0.4, 0.5) is 5.69 Å². The largest absolute Gasteiger partial charge is 0.495 e. The fraction of sp³-hybridized carbons (Fsp3) is 0.105. The molecule has 132 valence electrons. The average molecular weight is 350 g/mol. The van der Waals surface area contributed by atoms with E-state index in [0.717, 1.165) is 11.3 Å². The second-order valence-electron chi connectivity index (χ2n) is 5.74. The first-order valence-corrected chi connectivity index (χ1v) is 7.89. The maximum atomic E-state index is 12.5. The highest BCUT2D eigenvalue weighted by Crippen LogP contribution is 2.26. The minimum Gasteiger partial charge on any atom is -0.495 e. The summed E-state index contributed by atoms with van der Waals surface area (Å²) in [5.74, 6) is -0.470. The lowest BCUT2D eigenvalue weighted by Gasteiger charge is -2.11. The maximum absolute atomic E-state index is 12.5. The van der Waals surface area contributed by atoms with Crippen molar-refractivity contribution in [1.82, 2.24) is 9.78 Å². The molecule has 0 aliphatic rings. The molecule has 3 rings (SSSR count). The molecule has 3 aromatic rings. The zero-order valence-electron chi connectivity index (χ0n) is 14.4. The van der Waals surface area contributed by atoms with Crippen LogP contribution in [0.1, 0.15) is 26.3 Å². The molecule has 0 radical (unpaired) electrons. The van der Waals surface area contributed by atoms with E-state index in [0.29, 0.717) is 17.0 Å². The molecule has 26 heavy (non-hydrogen) atoms. The fourth-order valence-corrected chi connectivity index (χ4v) is 2.47. The van der Waals surface area contributed by atoms with Gasteiger partial charge in [0.15, 0.2) is 0 Å². The SMILES string of the molecule is COc1ccc(C(N)=O)cc1NC(=O)c1ccc(-n2cc(C)cn2)cc1. The Bertz CT molecular complexity index is 961. The number of anilines is 1. The van der Waals surface area contributed by atoms with Crippen molar-refractivity contribution in [1.29, 1.82) is 0 Å². The van der Waals surface area contributed by atoms with E-state index >= 15 is 0 Å². The molecular formula is C19H18N4O3. The number of nitrogens with one attached hydrogen (secondary N) is 1. The van der Waals surface area contributed by atoms with Gasteiger partial charge in [0.05, 0.1) is 24.7 Å². The van der Waals surface area contributed by atoms with Crippen molar-refractivity contribution in [3.63, 3.8) is 0 Å². The van der Waals surface area contributed by atoms with Gasteiger partial charge in [-0.3, -0.25) is 9.59 Å². The third kappa shape index (κ3) is 3.56. The number of rotatable bonds is 5. The lowest BCUT2D eigenvalue weighted by atomic mass is 10.1. The van der Waals surface area contributed by atoms with E-state index in [1.807, 2.05) is 13.1 Å². The minimum absolute atomic E-state index is 0.283. The molecular weight excluding hydrogens is 332 g/mol. The summed E-state index contributed by atoms with van der Waals surface area (Å²) in [7, 11) is 1.48. The highest BCUT2D eigenvalue weighted by Gasteiger charge is 2.12. The summed E-state index contributed by atoms with van der Waals surface area (Å²) in [6.45, 7) is 1.96. The van der Waals surface area contributed by atoms with Crippen molar-refractivity contribution < 1.29 is 14.3 Å². The van der Waals surface area contributed by atoms with Crippen LogP contribution in [-0.4, -0.2) is 28.7 Å². The molecule has 0 fully saturated rings. The Morgan fingerprint density at radius 3 is 2.38 bits per heavy atom. The topological polar surface area (TPSA) is 99.2 Å². The molecule has 0 unspecified atom stereocenters. The van der Waals surface area contributed by atoms with E-state index in [9.17, 15) is 9.59 Å². The maximum Gasteiger partial charge on any atom is 0.255 e. The van der Waals surface area contributed by atoms with E-state index in [2.05, 4.69) is 10.4 Å². The number of nitrogens with two attached hydrogens (primary N) is 1. The van der Waals surface area contributed by atoms with E-state index in [1.54, 1.807) is 41.2 Å². The molecule has 1 aromatic heterocycles. The first-order chi connectivity index (χ1) is 12.5. The Kier molecular flexibility index (Phi) is 4.70. The zero-order valence-corrected chi connectivity index (χ0v) is 14.4. The van der Waals surface area contributed by atoms with Crippen LogP contribution in [0.5, 0.6) is 5.75 Å². The van der Waals surface area contributed by atoms with Crippen molar-refractivity contribution in [3.8, 4) is 11.4 Å². The third-order valence-corrected chi connectivity index (χ3v) is 3.84. The Hall–Kier alpha value is -3.61. The molecule has 0 saturated carbocycles. The standard InChI is InChI=1S/C19H18N4O3/c1-12-10-21-23(11-12)15-6-3-13(4-7-15)19(25)22-16-9-14(18(20)24)5-8-17(16)26-2/h3-11H,1-2H3,(H2,20,24)(H,22,25). The number of aryl methyl sites for hydroxylation is 1. The Morgan fingerprint density at radius 1 is 1.12 bits per heavy atom. The molecule has 7 heteroatoms. The zero-order chi connectivity index (χ0) is 18.7. The molecule has 2 aromatic carbocycles. The smallest absolute Gasteiger partial charge is 0.255 e. The Balaban J connectivity index is 1.82.